The Balaban J connectivity index is 2.42. The van der Waals surface area contributed by atoms with Gasteiger partial charge in [0, 0.05) is 17.7 Å². The molecule has 0 amide bonds. The minimum Gasteiger partial charge on any atom is -0.450 e. The molecule has 5 heteroatoms. The van der Waals surface area contributed by atoms with Gasteiger partial charge >= 0.3 is 5.69 Å². The van der Waals surface area contributed by atoms with E-state index in [2.05, 4.69) is 0 Å². The van der Waals surface area contributed by atoms with E-state index in [9.17, 15) is 10.1 Å². The maximum atomic E-state index is 11.2. The van der Waals surface area contributed by atoms with Gasteiger partial charge in [0.1, 0.15) is 5.75 Å². The lowest BCUT2D eigenvalue weighted by Crippen LogP contribution is -2.06. The second-order valence-corrected chi connectivity index (χ2v) is 4.84. The molecule has 0 saturated heterocycles. The molecule has 0 bridgehead atoms. The molecule has 21 heavy (non-hydrogen) atoms. The number of hydrogen-bond donors (Lipinski definition) is 1. The highest BCUT2D eigenvalue weighted by Gasteiger charge is 2.18. The molecule has 2 aromatic rings. The number of nitrogens with zero attached hydrogens (tertiary/aromatic N) is 1. The van der Waals surface area contributed by atoms with Crippen LogP contribution >= 0.6 is 0 Å². The fourth-order valence-electron chi connectivity index (χ4n) is 2.08. The second kappa shape index (κ2) is 6.37. The van der Waals surface area contributed by atoms with E-state index in [0.717, 1.165) is 17.5 Å². The number of rotatable bonds is 5. The number of para-hydroxylation sites is 1. The summed E-state index contributed by atoms with van der Waals surface area (Å²) in [4.78, 5) is 10.8. The van der Waals surface area contributed by atoms with Gasteiger partial charge in [0.05, 0.1) is 4.92 Å². The van der Waals surface area contributed by atoms with Crippen molar-refractivity contribution in [2.24, 2.45) is 5.73 Å². The molecule has 0 aliphatic carbocycles. The zero-order valence-electron chi connectivity index (χ0n) is 12.1. The lowest BCUT2D eigenvalue weighted by Gasteiger charge is -2.13. The second-order valence-electron chi connectivity index (χ2n) is 4.84. The highest BCUT2D eigenvalue weighted by atomic mass is 16.6. The summed E-state index contributed by atoms with van der Waals surface area (Å²) in [6, 6.07) is 12.1. The predicted octanol–water partition coefficient (Wildman–Crippen LogP) is 3.97. The number of ether oxygens (including phenoxy) is 1. The normalized spacial score (nSPS) is 12.0. The summed E-state index contributed by atoms with van der Waals surface area (Å²) in [5.41, 5.74) is 7.57. The molecular weight excluding hydrogens is 268 g/mol. The van der Waals surface area contributed by atoms with Gasteiger partial charge in [0.15, 0.2) is 0 Å². The Labute approximate surface area is 123 Å². The number of nitro benzene ring substituents is 1. The van der Waals surface area contributed by atoms with Crippen LogP contribution in [0, 0.1) is 10.1 Å². The summed E-state index contributed by atoms with van der Waals surface area (Å²) in [6.45, 7) is 3.79. The van der Waals surface area contributed by atoms with Gasteiger partial charge in [-0.25, -0.2) is 0 Å². The van der Waals surface area contributed by atoms with Crippen molar-refractivity contribution < 1.29 is 9.66 Å². The summed E-state index contributed by atoms with van der Waals surface area (Å²) in [6.07, 6.45) is 0.734. The third-order valence-corrected chi connectivity index (χ3v) is 3.26. The standard InChI is InChI=1S/C16H18N2O3/c1-3-12-8-9-16(14(10-12)18(19)20)21-15-7-5-4-6-13(15)11(2)17/h4-11H,3,17H2,1-2H3. The number of hydrogen-bond acceptors (Lipinski definition) is 4. The van der Waals surface area contributed by atoms with E-state index in [4.69, 9.17) is 10.5 Å². The van der Waals surface area contributed by atoms with Crippen molar-refractivity contribution >= 4 is 5.69 Å². The molecule has 1 atom stereocenters. The van der Waals surface area contributed by atoms with E-state index < -0.39 is 4.92 Å². The molecule has 2 aromatic carbocycles. The van der Waals surface area contributed by atoms with Crippen LogP contribution in [-0.2, 0) is 6.42 Å². The van der Waals surface area contributed by atoms with Gasteiger partial charge in [0.2, 0.25) is 5.75 Å². The Morgan fingerprint density at radius 3 is 2.57 bits per heavy atom. The number of nitrogens with two attached hydrogens (primary N) is 1. The fourth-order valence-corrected chi connectivity index (χ4v) is 2.08. The fraction of sp³-hybridized carbons (Fsp3) is 0.250. The molecule has 0 saturated carbocycles. The molecule has 1 unspecified atom stereocenters. The van der Waals surface area contributed by atoms with Crippen LogP contribution in [0.4, 0.5) is 5.69 Å². The van der Waals surface area contributed by atoms with E-state index in [1.54, 1.807) is 18.2 Å². The first kappa shape index (κ1) is 15.0. The van der Waals surface area contributed by atoms with Crippen LogP contribution in [0.2, 0.25) is 0 Å². The SMILES string of the molecule is CCc1ccc(Oc2ccccc2C(C)N)c([N+](=O)[O-])c1. The van der Waals surface area contributed by atoms with E-state index in [0.29, 0.717) is 5.75 Å². The van der Waals surface area contributed by atoms with Gasteiger partial charge in [-0.1, -0.05) is 31.2 Å². The van der Waals surface area contributed by atoms with Crippen molar-refractivity contribution in [1.82, 2.24) is 0 Å². The van der Waals surface area contributed by atoms with E-state index in [1.165, 1.54) is 0 Å². The highest BCUT2D eigenvalue weighted by Crippen LogP contribution is 2.35. The van der Waals surface area contributed by atoms with Crippen molar-refractivity contribution in [3.05, 3.63) is 63.7 Å². The van der Waals surface area contributed by atoms with Crippen LogP contribution < -0.4 is 10.5 Å². The molecule has 110 valence electrons. The number of benzene rings is 2. The topological polar surface area (TPSA) is 78.4 Å². The molecule has 0 radical (unpaired) electrons. The first-order chi connectivity index (χ1) is 10.0. The lowest BCUT2D eigenvalue weighted by molar-refractivity contribution is -0.385. The van der Waals surface area contributed by atoms with Crippen molar-refractivity contribution in [2.75, 3.05) is 0 Å². The van der Waals surface area contributed by atoms with Crippen molar-refractivity contribution in [1.29, 1.82) is 0 Å². The quantitative estimate of drug-likeness (QED) is 0.666. The van der Waals surface area contributed by atoms with Gasteiger partial charge in [0.25, 0.3) is 0 Å². The Hall–Kier alpha value is -2.40. The summed E-state index contributed by atoms with van der Waals surface area (Å²) in [5.74, 6) is 0.769. The molecule has 0 fully saturated rings. The first-order valence-electron chi connectivity index (χ1n) is 6.82. The Morgan fingerprint density at radius 1 is 1.24 bits per heavy atom. The number of nitro groups is 1. The smallest absolute Gasteiger partial charge is 0.311 e. The van der Waals surface area contributed by atoms with Crippen LogP contribution in [0.15, 0.2) is 42.5 Å². The van der Waals surface area contributed by atoms with Crippen LogP contribution in [0.3, 0.4) is 0 Å². The maximum Gasteiger partial charge on any atom is 0.311 e. The minimum absolute atomic E-state index is 0.0335. The average Bonchev–Trinajstić information content (AvgIpc) is 2.47. The van der Waals surface area contributed by atoms with Gasteiger partial charge in [-0.2, -0.15) is 0 Å². The molecule has 0 aliphatic rings. The third kappa shape index (κ3) is 3.38. The van der Waals surface area contributed by atoms with Crippen molar-refractivity contribution in [2.45, 2.75) is 26.3 Å². The molecule has 2 N–H and O–H groups in total. The van der Waals surface area contributed by atoms with E-state index >= 15 is 0 Å². The Morgan fingerprint density at radius 2 is 1.95 bits per heavy atom. The molecule has 2 rings (SSSR count). The van der Waals surface area contributed by atoms with Gasteiger partial charge in [-0.3, -0.25) is 10.1 Å². The zero-order valence-corrected chi connectivity index (χ0v) is 12.1. The summed E-state index contributed by atoms with van der Waals surface area (Å²) < 4.78 is 5.74. The van der Waals surface area contributed by atoms with Crippen LogP contribution in [0.25, 0.3) is 0 Å². The van der Waals surface area contributed by atoms with E-state index in [-0.39, 0.29) is 17.5 Å². The van der Waals surface area contributed by atoms with Gasteiger partial charge in [-0.05, 0) is 31.0 Å². The summed E-state index contributed by atoms with van der Waals surface area (Å²) >= 11 is 0. The molecule has 0 aromatic heterocycles. The predicted molar refractivity (Wildman–Crippen MR) is 81.6 cm³/mol. The van der Waals surface area contributed by atoms with E-state index in [1.807, 2.05) is 38.1 Å². The van der Waals surface area contributed by atoms with Gasteiger partial charge in [-0.15, -0.1) is 0 Å². The Kier molecular flexibility index (Phi) is 4.55. The van der Waals surface area contributed by atoms with Crippen LogP contribution in [0.1, 0.15) is 31.0 Å². The molecule has 0 heterocycles. The highest BCUT2D eigenvalue weighted by molar-refractivity contribution is 5.51. The largest absolute Gasteiger partial charge is 0.450 e. The zero-order chi connectivity index (χ0) is 15.4. The summed E-state index contributed by atoms with van der Waals surface area (Å²) in [7, 11) is 0. The molecule has 5 nitrogen and oxygen atoms in total. The average molecular weight is 286 g/mol. The monoisotopic (exact) mass is 286 g/mol. The lowest BCUT2D eigenvalue weighted by atomic mass is 10.1. The van der Waals surface area contributed by atoms with Gasteiger partial charge < -0.3 is 10.5 Å². The minimum atomic E-state index is -0.428. The Bertz CT molecular complexity index is 654. The third-order valence-electron chi connectivity index (χ3n) is 3.26. The van der Waals surface area contributed by atoms with Crippen molar-refractivity contribution in [3.63, 3.8) is 0 Å². The molecule has 0 spiro atoms. The van der Waals surface area contributed by atoms with Crippen LogP contribution in [-0.4, -0.2) is 4.92 Å². The first-order valence-corrected chi connectivity index (χ1v) is 6.82. The summed E-state index contributed by atoms with van der Waals surface area (Å²) in [5, 5.41) is 11.2. The molecular formula is C16H18N2O3. The van der Waals surface area contributed by atoms with Crippen LogP contribution in [0.5, 0.6) is 11.5 Å². The van der Waals surface area contributed by atoms with Crippen molar-refractivity contribution in [3.8, 4) is 11.5 Å². The maximum absolute atomic E-state index is 11.2. The number of aryl methyl sites for hydroxylation is 1. The molecule has 0 aliphatic heterocycles.